The van der Waals surface area contributed by atoms with Gasteiger partial charge >= 0.3 is 0 Å². The monoisotopic (exact) mass is 438 g/mol. The van der Waals surface area contributed by atoms with E-state index in [4.69, 9.17) is 11.6 Å². The molecule has 0 unspecified atom stereocenters. The Kier molecular flexibility index (Phi) is 5.83. The standard InChI is InChI=1S/C22H19ClN4O2S/c1-13-5-2-3-6-14(13)9-19(28)25-21-18-11-17(30-22(18)27-26-21)12-20(29)24-16-8-4-7-15(23)10-16/h2-8,10-11H,9,12H2,1H3,(H,24,29)(H2,25,26,27,28). The van der Waals surface area contributed by atoms with E-state index in [1.165, 1.54) is 11.3 Å². The van der Waals surface area contributed by atoms with E-state index in [1.54, 1.807) is 24.3 Å². The number of aryl methyl sites for hydroxylation is 1. The number of aromatic amines is 1. The number of nitrogens with zero attached hydrogens (tertiary/aromatic N) is 1. The number of carbonyl (C=O) groups excluding carboxylic acids is 2. The summed E-state index contributed by atoms with van der Waals surface area (Å²) < 4.78 is 0. The Bertz CT molecular complexity index is 1230. The maximum Gasteiger partial charge on any atom is 0.229 e. The quantitative estimate of drug-likeness (QED) is 0.398. The van der Waals surface area contributed by atoms with Crippen LogP contribution in [0, 0.1) is 6.92 Å². The zero-order valence-electron chi connectivity index (χ0n) is 16.2. The van der Waals surface area contributed by atoms with Crippen LogP contribution in [0.5, 0.6) is 0 Å². The Labute approximate surface area is 182 Å². The van der Waals surface area contributed by atoms with E-state index >= 15 is 0 Å². The smallest absolute Gasteiger partial charge is 0.229 e. The summed E-state index contributed by atoms with van der Waals surface area (Å²) in [4.78, 5) is 26.4. The minimum Gasteiger partial charge on any atom is -0.326 e. The SMILES string of the molecule is Cc1ccccc1CC(=O)Nc1[nH]nc2sc(CC(=O)Nc3cccc(Cl)c3)cc12. The summed E-state index contributed by atoms with van der Waals surface area (Å²) in [6.07, 6.45) is 0.496. The van der Waals surface area contributed by atoms with Crippen molar-refractivity contribution >= 4 is 56.5 Å². The topological polar surface area (TPSA) is 86.9 Å². The number of rotatable bonds is 6. The fourth-order valence-electron chi connectivity index (χ4n) is 3.14. The van der Waals surface area contributed by atoms with Gasteiger partial charge in [-0.3, -0.25) is 14.7 Å². The van der Waals surface area contributed by atoms with E-state index < -0.39 is 0 Å². The summed E-state index contributed by atoms with van der Waals surface area (Å²) in [5, 5.41) is 14.2. The second kappa shape index (κ2) is 8.69. The largest absolute Gasteiger partial charge is 0.326 e. The lowest BCUT2D eigenvalue weighted by molar-refractivity contribution is -0.116. The maximum atomic E-state index is 12.5. The number of H-pyrrole nitrogens is 1. The van der Waals surface area contributed by atoms with E-state index in [0.29, 0.717) is 16.5 Å². The number of fused-ring (bicyclic) bond motifs is 1. The molecule has 4 rings (SSSR count). The van der Waals surface area contributed by atoms with Gasteiger partial charge < -0.3 is 10.6 Å². The fourth-order valence-corrected chi connectivity index (χ4v) is 4.32. The van der Waals surface area contributed by atoms with Crippen LogP contribution in [0.4, 0.5) is 11.5 Å². The van der Waals surface area contributed by atoms with Crippen LogP contribution in [0.25, 0.3) is 10.2 Å². The van der Waals surface area contributed by atoms with Crippen molar-refractivity contribution in [2.45, 2.75) is 19.8 Å². The van der Waals surface area contributed by atoms with Crippen molar-refractivity contribution in [1.82, 2.24) is 10.2 Å². The Morgan fingerprint density at radius 3 is 2.63 bits per heavy atom. The zero-order valence-corrected chi connectivity index (χ0v) is 17.7. The van der Waals surface area contributed by atoms with Gasteiger partial charge in [0.2, 0.25) is 11.8 Å². The first-order valence-electron chi connectivity index (χ1n) is 9.34. The predicted octanol–water partition coefficient (Wildman–Crippen LogP) is 4.95. The highest BCUT2D eigenvalue weighted by Crippen LogP contribution is 2.30. The molecule has 152 valence electrons. The molecule has 0 radical (unpaired) electrons. The molecule has 0 spiro atoms. The Balaban J connectivity index is 1.42. The molecule has 0 bridgehead atoms. The summed E-state index contributed by atoms with van der Waals surface area (Å²) in [5.41, 5.74) is 2.71. The normalized spacial score (nSPS) is 10.9. The van der Waals surface area contributed by atoms with Gasteiger partial charge in [0, 0.05) is 15.6 Å². The van der Waals surface area contributed by atoms with E-state index in [2.05, 4.69) is 20.8 Å². The first-order chi connectivity index (χ1) is 14.5. The predicted molar refractivity (Wildman–Crippen MR) is 121 cm³/mol. The van der Waals surface area contributed by atoms with Crippen LogP contribution in [0.15, 0.2) is 54.6 Å². The number of thiophene rings is 1. The molecule has 8 heteroatoms. The van der Waals surface area contributed by atoms with Gasteiger partial charge in [0.15, 0.2) is 0 Å². The molecule has 2 aromatic heterocycles. The first kappa shape index (κ1) is 20.1. The third kappa shape index (κ3) is 4.69. The van der Waals surface area contributed by atoms with Crippen molar-refractivity contribution in [3.8, 4) is 0 Å². The van der Waals surface area contributed by atoms with Crippen molar-refractivity contribution in [1.29, 1.82) is 0 Å². The molecule has 2 aromatic carbocycles. The molecule has 0 aliphatic rings. The highest BCUT2D eigenvalue weighted by molar-refractivity contribution is 7.18. The molecular weight excluding hydrogens is 420 g/mol. The van der Waals surface area contributed by atoms with Crippen LogP contribution in [-0.4, -0.2) is 22.0 Å². The molecule has 0 aliphatic heterocycles. The number of halogens is 1. The summed E-state index contributed by atoms with van der Waals surface area (Å²) in [5.74, 6) is 0.276. The molecule has 3 N–H and O–H groups in total. The molecule has 2 heterocycles. The molecule has 30 heavy (non-hydrogen) atoms. The lowest BCUT2D eigenvalue weighted by atomic mass is 10.1. The van der Waals surface area contributed by atoms with E-state index in [9.17, 15) is 9.59 Å². The molecule has 2 amide bonds. The highest BCUT2D eigenvalue weighted by atomic mass is 35.5. The van der Waals surface area contributed by atoms with Crippen LogP contribution in [0.1, 0.15) is 16.0 Å². The van der Waals surface area contributed by atoms with Crippen LogP contribution < -0.4 is 10.6 Å². The van der Waals surface area contributed by atoms with Gasteiger partial charge in [-0.1, -0.05) is 41.9 Å². The number of benzene rings is 2. The number of nitrogens with one attached hydrogen (secondary N) is 3. The van der Waals surface area contributed by atoms with Gasteiger partial charge in [-0.05, 0) is 42.3 Å². The van der Waals surface area contributed by atoms with E-state index in [-0.39, 0.29) is 24.7 Å². The van der Waals surface area contributed by atoms with Crippen molar-refractivity contribution in [2.24, 2.45) is 0 Å². The minimum atomic E-state index is -0.143. The fraction of sp³-hybridized carbons (Fsp3) is 0.136. The average Bonchev–Trinajstić information content (AvgIpc) is 3.25. The van der Waals surface area contributed by atoms with Crippen LogP contribution in [-0.2, 0) is 22.4 Å². The highest BCUT2D eigenvalue weighted by Gasteiger charge is 2.15. The van der Waals surface area contributed by atoms with Gasteiger partial charge in [-0.25, -0.2) is 0 Å². The van der Waals surface area contributed by atoms with Gasteiger partial charge in [-0.2, -0.15) is 5.10 Å². The molecule has 0 saturated heterocycles. The van der Waals surface area contributed by atoms with Crippen molar-refractivity contribution in [3.05, 3.63) is 75.6 Å². The summed E-state index contributed by atoms with van der Waals surface area (Å²) >= 11 is 7.36. The molecule has 0 aliphatic carbocycles. The van der Waals surface area contributed by atoms with Gasteiger partial charge in [-0.15, -0.1) is 11.3 Å². The lowest BCUT2D eigenvalue weighted by Crippen LogP contribution is -2.15. The molecule has 4 aromatic rings. The number of aromatic nitrogens is 2. The molecule has 0 atom stereocenters. The zero-order chi connectivity index (χ0) is 21.1. The number of amides is 2. The van der Waals surface area contributed by atoms with Crippen LogP contribution in [0.2, 0.25) is 5.02 Å². The van der Waals surface area contributed by atoms with Crippen molar-refractivity contribution in [2.75, 3.05) is 10.6 Å². The molecule has 0 saturated carbocycles. The Hall–Kier alpha value is -3.16. The van der Waals surface area contributed by atoms with Gasteiger partial charge in [0.25, 0.3) is 0 Å². The van der Waals surface area contributed by atoms with Crippen molar-refractivity contribution in [3.63, 3.8) is 0 Å². The number of anilines is 2. The molecule has 0 fully saturated rings. The second-order valence-corrected chi connectivity index (χ2v) is 8.47. The summed E-state index contributed by atoms with van der Waals surface area (Å²) in [6, 6.07) is 16.7. The van der Waals surface area contributed by atoms with E-state index in [0.717, 1.165) is 26.2 Å². The average molecular weight is 439 g/mol. The maximum absolute atomic E-state index is 12.5. The van der Waals surface area contributed by atoms with Crippen LogP contribution >= 0.6 is 22.9 Å². The molecule has 6 nitrogen and oxygen atoms in total. The van der Waals surface area contributed by atoms with Crippen molar-refractivity contribution < 1.29 is 9.59 Å². The van der Waals surface area contributed by atoms with Gasteiger partial charge in [0.05, 0.1) is 18.2 Å². The third-order valence-electron chi connectivity index (χ3n) is 4.62. The van der Waals surface area contributed by atoms with Gasteiger partial charge in [0.1, 0.15) is 10.6 Å². The summed E-state index contributed by atoms with van der Waals surface area (Å²) in [6.45, 7) is 1.98. The number of carbonyl (C=O) groups is 2. The number of hydrogen-bond acceptors (Lipinski definition) is 4. The third-order valence-corrected chi connectivity index (χ3v) is 5.89. The van der Waals surface area contributed by atoms with E-state index in [1.807, 2.05) is 37.3 Å². The first-order valence-corrected chi connectivity index (χ1v) is 10.5. The lowest BCUT2D eigenvalue weighted by Gasteiger charge is -2.06. The Morgan fingerprint density at radius 1 is 1.03 bits per heavy atom. The Morgan fingerprint density at radius 2 is 1.83 bits per heavy atom. The minimum absolute atomic E-state index is 0.124. The number of hydrogen-bond donors (Lipinski definition) is 3. The molecular formula is C22H19ClN4O2S. The van der Waals surface area contributed by atoms with Crippen LogP contribution in [0.3, 0.4) is 0 Å². The second-order valence-electron chi connectivity index (χ2n) is 6.92. The summed E-state index contributed by atoms with van der Waals surface area (Å²) in [7, 11) is 0.